The Hall–Kier alpha value is -0.160. The van der Waals surface area contributed by atoms with Crippen LogP contribution in [0.4, 0.5) is 0 Å². The molecule has 0 rings (SSSR count). The Bertz CT molecular complexity index is 128. The summed E-state index contributed by atoms with van der Waals surface area (Å²) >= 11 is 0. The van der Waals surface area contributed by atoms with E-state index < -0.39 is 5.79 Å². The number of hydrogen-bond acceptors (Lipinski definition) is 4. The van der Waals surface area contributed by atoms with Crippen LogP contribution < -0.4 is 0 Å². The first-order valence-electron chi connectivity index (χ1n) is 4.95. The highest BCUT2D eigenvalue weighted by atomic mass is 16.7. The molecule has 0 aliphatic rings. The maximum Gasteiger partial charge on any atom is 0.169 e. The zero-order valence-corrected chi connectivity index (χ0v) is 9.83. The summed E-state index contributed by atoms with van der Waals surface area (Å²) in [6.45, 7) is 6.96. The van der Waals surface area contributed by atoms with Crippen molar-refractivity contribution in [1.29, 1.82) is 0 Å². The molecule has 0 unspecified atom stereocenters. The molecule has 0 radical (unpaired) electrons. The van der Waals surface area contributed by atoms with Crippen LogP contribution in [0.3, 0.4) is 0 Å². The predicted molar refractivity (Wildman–Crippen MR) is 54.1 cm³/mol. The van der Waals surface area contributed by atoms with Crippen LogP contribution in [0.25, 0.3) is 0 Å². The Kier molecular flexibility index (Phi) is 7.09. The number of rotatable bonds is 8. The van der Waals surface area contributed by atoms with Crippen LogP contribution >= 0.6 is 0 Å². The fourth-order valence-electron chi connectivity index (χ4n) is 1.09. The highest BCUT2D eigenvalue weighted by Crippen LogP contribution is 2.19. The van der Waals surface area contributed by atoms with E-state index in [-0.39, 0.29) is 6.29 Å². The predicted octanol–water partition coefficient (Wildman–Crippen LogP) is 1.78. The minimum Gasteiger partial charge on any atom is -0.353 e. The zero-order chi connectivity index (χ0) is 11.0. The summed E-state index contributed by atoms with van der Waals surface area (Å²) < 4.78 is 21.3. The molecular formula is C10H22O4. The summed E-state index contributed by atoms with van der Waals surface area (Å²) in [5, 5.41) is 0. The van der Waals surface area contributed by atoms with Crippen molar-refractivity contribution < 1.29 is 18.9 Å². The van der Waals surface area contributed by atoms with Crippen LogP contribution in [0.1, 0.15) is 27.2 Å². The molecule has 0 saturated carbocycles. The van der Waals surface area contributed by atoms with Crippen molar-refractivity contribution in [3.8, 4) is 0 Å². The molecule has 0 aromatic rings. The van der Waals surface area contributed by atoms with E-state index in [4.69, 9.17) is 18.9 Å². The quantitative estimate of drug-likeness (QED) is 0.567. The molecular weight excluding hydrogens is 184 g/mol. The van der Waals surface area contributed by atoms with Gasteiger partial charge in [-0.1, -0.05) is 0 Å². The van der Waals surface area contributed by atoms with Gasteiger partial charge in [0.1, 0.15) is 0 Å². The van der Waals surface area contributed by atoms with Gasteiger partial charge < -0.3 is 18.9 Å². The van der Waals surface area contributed by atoms with E-state index >= 15 is 0 Å². The first-order valence-corrected chi connectivity index (χ1v) is 4.95. The van der Waals surface area contributed by atoms with Crippen LogP contribution in [-0.4, -0.2) is 39.5 Å². The second-order valence-corrected chi connectivity index (χ2v) is 3.09. The van der Waals surface area contributed by atoms with Gasteiger partial charge in [0, 0.05) is 27.4 Å². The molecule has 0 spiro atoms. The summed E-state index contributed by atoms with van der Waals surface area (Å²) in [4.78, 5) is 0. The highest BCUT2D eigenvalue weighted by Gasteiger charge is 2.28. The first kappa shape index (κ1) is 13.8. The Morgan fingerprint density at radius 3 is 1.71 bits per heavy atom. The molecule has 0 atom stereocenters. The molecule has 0 amide bonds. The normalized spacial score (nSPS) is 12.4. The van der Waals surface area contributed by atoms with Crippen molar-refractivity contribution in [3.63, 3.8) is 0 Å². The van der Waals surface area contributed by atoms with Gasteiger partial charge in [-0.3, -0.25) is 0 Å². The third-order valence-corrected chi connectivity index (χ3v) is 2.11. The molecule has 4 nitrogen and oxygen atoms in total. The average Bonchev–Trinajstić information content (AvgIpc) is 2.18. The molecule has 0 bridgehead atoms. The van der Waals surface area contributed by atoms with E-state index in [0.29, 0.717) is 19.6 Å². The minimum absolute atomic E-state index is 0.269. The van der Waals surface area contributed by atoms with Gasteiger partial charge in [-0.2, -0.15) is 0 Å². The zero-order valence-electron chi connectivity index (χ0n) is 9.83. The van der Waals surface area contributed by atoms with Crippen molar-refractivity contribution in [1.82, 2.24) is 0 Å². The van der Waals surface area contributed by atoms with E-state index in [9.17, 15) is 0 Å². The van der Waals surface area contributed by atoms with Gasteiger partial charge in [0.15, 0.2) is 12.1 Å². The van der Waals surface area contributed by atoms with E-state index in [0.717, 1.165) is 0 Å². The van der Waals surface area contributed by atoms with Crippen molar-refractivity contribution in [2.75, 3.05) is 27.4 Å². The molecule has 4 heteroatoms. The van der Waals surface area contributed by atoms with Gasteiger partial charge >= 0.3 is 0 Å². The summed E-state index contributed by atoms with van der Waals surface area (Å²) in [5.74, 6) is -0.644. The molecule has 0 N–H and O–H groups in total. The average molecular weight is 206 g/mol. The van der Waals surface area contributed by atoms with Crippen LogP contribution in [0.5, 0.6) is 0 Å². The Morgan fingerprint density at radius 1 is 1.00 bits per heavy atom. The lowest BCUT2D eigenvalue weighted by atomic mass is 10.2. The van der Waals surface area contributed by atoms with E-state index in [1.54, 1.807) is 14.2 Å². The molecule has 0 aromatic heterocycles. The Morgan fingerprint density at radius 2 is 1.43 bits per heavy atom. The molecule has 0 aliphatic heterocycles. The second kappa shape index (κ2) is 7.17. The summed E-state index contributed by atoms with van der Waals surface area (Å²) in [6.07, 6.45) is 0.289. The molecule has 0 fully saturated rings. The van der Waals surface area contributed by atoms with Gasteiger partial charge in [0.25, 0.3) is 0 Å². The number of hydrogen-bond donors (Lipinski definition) is 0. The lowest BCUT2D eigenvalue weighted by Crippen LogP contribution is -2.36. The monoisotopic (exact) mass is 206 g/mol. The first-order chi connectivity index (χ1) is 6.61. The third kappa shape index (κ3) is 4.91. The fourth-order valence-corrected chi connectivity index (χ4v) is 1.09. The van der Waals surface area contributed by atoms with Gasteiger partial charge in [-0.05, 0) is 20.8 Å². The summed E-state index contributed by atoms with van der Waals surface area (Å²) in [7, 11) is 3.22. The third-order valence-electron chi connectivity index (χ3n) is 2.11. The van der Waals surface area contributed by atoms with Crippen molar-refractivity contribution in [2.24, 2.45) is 0 Å². The van der Waals surface area contributed by atoms with Gasteiger partial charge in [0.2, 0.25) is 0 Å². The summed E-state index contributed by atoms with van der Waals surface area (Å²) in [5.41, 5.74) is 0. The standard InChI is InChI=1S/C10H22O4/c1-6-13-9(14-7-2)8-10(3,11-4)12-5/h9H,6-8H2,1-5H3. The Balaban J connectivity index is 4.10. The molecule has 86 valence electrons. The van der Waals surface area contributed by atoms with Crippen LogP contribution in [0.2, 0.25) is 0 Å². The van der Waals surface area contributed by atoms with Crippen molar-refractivity contribution in [3.05, 3.63) is 0 Å². The van der Waals surface area contributed by atoms with Crippen molar-refractivity contribution in [2.45, 2.75) is 39.3 Å². The number of ether oxygens (including phenoxy) is 4. The van der Waals surface area contributed by atoms with Gasteiger partial charge in [-0.25, -0.2) is 0 Å². The number of methoxy groups -OCH3 is 2. The Labute approximate surface area is 86.5 Å². The maximum absolute atomic E-state index is 5.40. The largest absolute Gasteiger partial charge is 0.353 e. The minimum atomic E-state index is -0.644. The smallest absolute Gasteiger partial charge is 0.169 e. The molecule has 0 aromatic carbocycles. The highest BCUT2D eigenvalue weighted by molar-refractivity contribution is 4.64. The summed E-state index contributed by atoms with van der Waals surface area (Å²) in [6, 6.07) is 0. The molecule has 0 heterocycles. The maximum atomic E-state index is 5.40. The van der Waals surface area contributed by atoms with Crippen LogP contribution in [-0.2, 0) is 18.9 Å². The molecule has 0 saturated heterocycles. The molecule has 0 aliphatic carbocycles. The van der Waals surface area contributed by atoms with E-state index in [1.807, 2.05) is 20.8 Å². The molecule has 14 heavy (non-hydrogen) atoms. The van der Waals surface area contributed by atoms with E-state index in [1.165, 1.54) is 0 Å². The SMILES string of the molecule is CCOC(CC(C)(OC)OC)OCC. The topological polar surface area (TPSA) is 36.9 Å². The van der Waals surface area contributed by atoms with Gasteiger partial charge in [0.05, 0.1) is 6.42 Å². The fraction of sp³-hybridized carbons (Fsp3) is 1.00. The second-order valence-electron chi connectivity index (χ2n) is 3.09. The van der Waals surface area contributed by atoms with Crippen molar-refractivity contribution >= 4 is 0 Å². The van der Waals surface area contributed by atoms with E-state index in [2.05, 4.69) is 0 Å². The lowest BCUT2D eigenvalue weighted by Gasteiger charge is -2.30. The van der Waals surface area contributed by atoms with Gasteiger partial charge in [-0.15, -0.1) is 0 Å². The lowest BCUT2D eigenvalue weighted by molar-refractivity contribution is -0.247. The van der Waals surface area contributed by atoms with Crippen LogP contribution in [0.15, 0.2) is 0 Å². The van der Waals surface area contributed by atoms with Crippen LogP contribution in [0, 0.1) is 0 Å².